The fraction of sp³-hybridized carbons (Fsp3) is 0.833. The average Bonchev–Trinajstić information content (AvgIpc) is 2.55. The molecular formula is C18H31NO6. The largest absolute Gasteiger partial charge is 0.481 e. The number of carbonyl (C=O) groups is 3. The number of carboxylic acid groups (broad SMARTS) is 1. The number of ether oxygens (including phenoxy) is 2. The van der Waals surface area contributed by atoms with Gasteiger partial charge in [0, 0.05) is 19.4 Å². The van der Waals surface area contributed by atoms with Crippen LogP contribution in [0.3, 0.4) is 0 Å². The molecule has 1 fully saturated rings. The summed E-state index contributed by atoms with van der Waals surface area (Å²) in [5.41, 5.74) is 0. The van der Waals surface area contributed by atoms with Crippen LogP contribution in [0.15, 0.2) is 0 Å². The summed E-state index contributed by atoms with van der Waals surface area (Å²) in [6, 6.07) is 0. The molecule has 7 nitrogen and oxygen atoms in total. The van der Waals surface area contributed by atoms with Gasteiger partial charge in [-0.2, -0.15) is 0 Å². The number of hydrogen-bond donors (Lipinski definition) is 2. The number of carboxylic acids is 1. The van der Waals surface area contributed by atoms with Gasteiger partial charge in [0.2, 0.25) is 6.29 Å². The van der Waals surface area contributed by atoms with Crippen molar-refractivity contribution in [1.29, 1.82) is 0 Å². The fourth-order valence-electron chi connectivity index (χ4n) is 3.02. The van der Waals surface area contributed by atoms with E-state index in [2.05, 4.69) is 5.32 Å². The highest BCUT2D eigenvalue weighted by Gasteiger charge is 2.25. The molecule has 0 aromatic rings. The van der Waals surface area contributed by atoms with E-state index in [-0.39, 0.29) is 11.9 Å². The molecule has 2 N–H and O–H groups in total. The SMILES string of the molecule is CCCC(=O)OC(CCC)OC(=O)NCC[C@H]1CC[C@H](C(=O)O)CC1. The first-order chi connectivity index (χ1) is 12.0. The van der Waals surface area contributed by atoms with Gasteiger partial charge in [0.15, 0.2) is 0 Å². The smallest absolute Gasteiger partial charge is 0.410 e. The Balaban J connectivity index is 2.24. The lowest BCUT2D eigenvalue weighted by Gasteiger charge is -2.26. The molecule has 0 aromatic heterocycles. The Morgan fingerprint density at radius 1 is 1.08 bits per heavy atom. The fourth-order valence-corrected chi connectivity index (χ4v) is 3.02. The van der Waals surface area contributed by atoms with E-state index in [0.29, 0.717) is 44.6 Å². The van der Waals surface area contributed by atoms with E-state index in [9.17, 15) is 14.4 Å². The van der Waals surface area contributed by atoms with Crippen LogP contribution in [0.4, 0.5) is 4.79 Å². The molecule has 0 saturated heterocycles. The maximum absolute atomic E-state index is 11.8. The summed E-state index contributed by atoms with van der Waals surface area (Å²) in [4.78, 5) is 34.3. The molecular weight excluding hydrogens is 326 g/mol. The van der Waals surface area contributed by atoms with E-state index >= 15 is 0 Å². The van der Waals surface area contributed by atoms with Gasteiger partial charge in [0.05, 0.1) is 5.92 Å². The zero-order chi connectivity index (χ0) is 18.7. The van der Waals surface area contributed by atoms with Crippen LogP contribution >= 0.6 is 0 Å². The number of alkyl carbamates (subject to hydrolysis) is 1. The maximum Gasteiger partial charge on any atom is 0.410 e. The van der Waals surface area contributed by atoms with Crippen LogP contribution in [-0.2, 0) is 19.1 Å². The van der Waals surface area contributed by atoms with E-state index in [1.165, 1.54) is 0 Å². The van der Waals surface area contributed by atoms with Gasteiger partial charge in [0.25, 0.3) is 0 Å². The second-order valence-corrected chi connectivity index (χ2v) is 6.63. The second-order valence-electron chi connectivity index (χ2n) is 6.63. The number of esters is 1. The third-order valence-electron chi connectivity index (χ3n) is 4.50. The van der Waals surface area contributed by atoms with Crippen molar-refractivity contribution in [3.05, 3.63) is 0 Å². The van der Waals surface area contributed by atoms with Crippen molar-refractivity contribution in [2.75, 3.05) is 6.54 Å². The number of rotatable bonds is 10. The quantitative estimate of drug-likeness (QED) is 0.458. The standard InChI is InChI=1S/C18H31NO6/c1-3-5-15(20)24-16(6-4-2)25-18(23)19-12-11-13-7-9-14(10-8-13)17(21)22/h13-14,16H,3-12H2,1-2H3,(H,19,23)(H,21,22)/t13-,14-,16?. The van der Waals surface area contributed by atoms with E-state index in [1.54, 1.807) is 0 Å². The maximum atomic E-state index is 11.8. The average molecular weight is 357 g/mol. The summed E-state index contributed by atoms with van der Waals surface area (Å²) in [6.45, 7) is 4.28. The zero-order valence-corrected chi connectivity index (χ0v) is 15.3. The van der Waals surface area contributed by atoms with Gasteiger partial charge in [-0.1, -0.05) is 13.8 Å². The Morgan fingerprint density at radius 2 is 1.76 bits per heavy atom. The van der Waals surface area contributed by atoms with Gasteiger partial charge in [-0.3, -0.25) is 9.59 Å². The summed E-state index contributed by atoms with van der Waals surface area (Å²) >= 11 is 0. The van der Waals surface area contributed by atoms with Crippen molar-refractivity contribution in [1.82, 2.24) is 5.32 Å². The summed E-state index contributed by atoms with van der Waals surface area (Å²) in [5.74, 6) is -0.852. The van der Waals surface area contributed by atoms with Gasteiger partial charge >= 0.3 is 18.0 Å². The lowest BCUT2D eigenvalue weighted by atomic mass is 9.80. The van der Waals surface area contributed by atoms with Crippen LogP contribution in [0.5, 0.6) is 0 Å². The highest BCUT2D eigenvalue weighted by atomic mass is 16.7. The van der Waals surface area contributed by atoms with Crippen LogP contribution < -0.4 is 5.32 Å². The molecule has 1 rings (SSSR count). The molecule has 1 aliphatic rings. The van der Waals surface area contributed by atoms with Gasteiger partial charge in [-0.15, -0.1) is 0 Å². The molecule has 0 heterocycles. The van der Waals surface area contributed by atoms with E-state index in [4.69, 9.17) is 14.6 Å². The number of nitrogens with one attached hydrogen (secondary N) is 1. The lowest BCUT2D eigenvalue weighted by Crippen LogP contribution is -2.33. The normalized spacial score (nSPS) is 21.2. The van der Waals surface area contributed by atoms with E-state index in [0.717, 1.165) is 25.7 Å². The molecule has 0 radical (unpaired) electrons. The molecule has 144 valence electrons. The summed E-state index contributed by atoms with van der Waals surface area (Å²) < 4.78 is 10.3. The highest BCUT2D eigenvalue weighted by Crippen LogP contribution is 2.30. The minimum absolute atomic E-state index is 0.221. The Bertz CT molecular complexity index is 431. The minimum Gasteiger partial charge on any atom is -0.481 e. The minimum atomic E-state index is -0.838. The molecule has 1 amide bonds. The molecule has 0 spiro atoms. The number of carbonyl (C=O) groups excluding carboxylic acids is 2. The Morgan fingerprint density at radius 3 is 2.32 bits per heavy atom. The third kappa shape index (κ3) is 8.74. The van der Waals surface area contributed by atoms with Gasteiger partial charge < -0.3 is 19.9 Å². The molecule has 0 bridgehead atoms. The molecule has 7 heteroatoms. The van der Waals surface area contributed by atoms with Gasteiger partial charge in [0.1, 0.15) is 0 Å². The number of aliphatic carboxylic acids is 1. The topological polar surface area (TPSA) is 102 Å². The van der Waals surface area contributed by atoms with Crippen molar-refractivity contribution in [2.45, 2.75) is 77.9 Å². The van der Waals surface area contributed by atoms with Crippen molar-refractivity contribution >= 4 is 18.0 Å². The van der Waals surface area contributed by atoms with Crippen molar-refractivity contribution in [2.24, 2.45) is 11.8 Å². The molecule has 0 aromatic carbocycles. The second kappa shape index (κ2) is 11.7. The predicted molar refractivity (Wildman–Crippen MR) is 91.9 cm³/mol. The van der Waals surface area contributed by atoms with Crippen LogP contribution in [0.25, 0.3) is 0 Å². The van der Waals surface area contributed by atoms with Crippen LogP contribution in [0.2, 0.25) is 0 Å². The highest BCUT2D eigenvalue weighted by molar-refractivity contribution is 5.70. The van der Waals surface area contributed by atoms with Gasteiger partial charge in [-0.25, -0.2) is 4.79 Å². The Kier molecular flexibility index (Phi) is 9.96. The van der Waals surface area contributed by atoms with Crippen LogP contribution in [0.1, 0.15) is 71.6 Å². The Labute approximate surface area is 149 Å². The van der Waals surface area contributed by atoms with Gasteiger partial charge in [-0.05, 0) is 50.9 Å². The third-order valence-corrected chi connectivity index (χ3v) is 4.50. The molecule has 1 atom stereocenters. The van der Waals surface area contributed by atoms with Crippen molar-refractivity contribution < 1.29 is 29.0 Å². The lowest BCUT2D eigenvalue weighted by molar-refractivity contribution is -0.168. The van der Waals surface area contributed by atoms with E-state index < -0.39 is 18.4 Å². The first-order valence-electron chi connectivity index (χ1n) is 9.33. The van der Waals surface area contributed by atoms with Crippen molar-refractivity contribution in [3.8, 4) is 0 Å². The van der Waals surface area contributed by atoms with Crippen LogP contribution in [0, 0.1) is 11.8 Å². The predicted octanol–water partition coefficient (Wildman–Crippen LogP) is 3.46. The monoisotopic (exact) mass is 357 g/mol. The summed E-state index contributed by atoms with van der Waals surface area (Å²) in [5, 5.41) is 11.7. The first kappa shape index (κ1) is 21.3. The molecule has 0 aliphatic heterocycles. The molecule has 1 aliphatic carbocycles. The number of amides is 1. The molecule has 1 saturated carbocycles. The first-order valence-corrected chi connectivity index (χ1v) is 9.33. The summed E-state index contributed by atoms with van der Waals surface area (Å²) in [6.07, 6.45) is 4.76. The number of hydrogen-bond acceptors (Lipinski definition) is 5. The zero-order valence-electron chi connectivity index (χ0n) is 15.3. The van der Waals surface area contributed by atoms with E-state index in [1.807, 2.05) is 13.8 Å². The molecule has 25 heavy (non-hydrogen) atoms. The van der Waals surface area contributed by atoms with Crippen molar-refractivity contribution in [3.63, 3.8) is 0 Å². The molecule has 1 unspecified atom stereocenters. The Hall–Kier alpha value is -1.79. The summed E-state index contributed by atoms with van der Waals surface area (Å²) in [7, 11) is 0. The van der Waals surface area contributed by atoms with Crippen LogP contribution in [-0.4, -0.2) is 36.0 Å².